The first kappa shape index (κ1) is 10.2. The average molecular weight is 183 g/mol. The van der Waals surface area contributed by atoms with Crippen molar-refractivity contribution in [1.29, 1.82) is 0 Å². The fourth-order valence-electron chi connectivity index (χ4n) is 1.78. The summed E-state index contributed by atoms with van der Waals surface area (Å²) in [5.74, 6) is 0.226. The number of Topliss-reactive ketones (excluding diaryl/α,β-unsaturated/α-hetero) is 1. The molecule has 1 aliphatic rings. The highest BCUT2D eigenvalue weighted by Crippen LogP contribution is 2.20. The van der Waals surface area contributed by atoms with Crippen LogP contribution in [0.1, 0.15) is 33.6 Å². The number of amides is 1. The number of nitrogens with zero attached hydrogens (tertiary/aromatic N) is 1. The van der Waals surface area contributed by atoms with Crippen LogP contribution in [0.2, 0.25) is 0 Å². The largest absolute Gasteiger partial charge is 0.332 e. The number of ketones is 1. The molecular weight excluding hydrogens is 166 g/mol. The van der Waals surface area contributed by atoms with E-state index < -0.39 is 0 Å². The molecule has 0 aromatic carbocycles. The van der Waals surface area contributed by atoms with Gasteiger partial charge in [0, 0.05) is 12.5 Å². The third-order valence-corrected chi connectivity index (χ3v) is 2.50. The molecule has 1 rings (SSSR count). The van der Waals surface area contributed by atoms with Crippen molar-refractivity contribution in [2.45, 2.75) is 39.7 Å². The van der Waals surface area contributed by atoms with E-state index in [1.165, 1.54) is 0 Å². The van der Waals surface area contributed by atoms with Crippen LogP contribution in [-0.2, 0) is 9.59 Å². The summed E-state index contributed by atoms with van der Waals surface area (Å²) in [6.45, 7) is 6.06. The molecule has 0 unspecified atom stereocenters. The van der Waals surface area contributed by atoms with E-state index in [1.54, 1.807) is 11.8 Å². The number of carbonyl (C=O) groups is 2. The van der Waals surface area contributed by atoms with Gasteiger partial charge in [0.15, 0.2) is 5.78 Å². The topological polar surface area (TPSA) is 37.4 Å². The van der Waals surface area contributed by atoms with Crippen LogP contribution in [0.3, 0.4) is 0 Å². The van der Waals surface area contributed by atoms with Crippen LogP contribution >= 0.6 is 0 Å². The minimum Gasteiger partial charge on any atom is -0.332 e. The van der Waals surface area contributed by atoms with Gasteiger partial charge in [-0.25, -0.2) is 0 Å². The van der Waals surface area contributed by atoms with E-state index in [4.69, 9.17) is 0 Å². The summed E-state index contributed by atoms with van der Waals surface area (Å²) in [5.41, 5.74) is 0. The Hall–Kier alpha value is -0.860. The van der Waals surface area contributed by atoms with Gasteiger partial charge < -0.3 is 4.90 Å². The van der Waals surface area contributed by atoms with Crippen molar-refractivity contribution in [3.8, 4) is 0 Å². The molecule has 0 aromatic rings. The van der Waals surface area contributed by atoms with E-state index in [0.29, 0.717) is 0 Å². The Morgan fingerprint density at radius 3 is 2.46 bits per heavy atom. The van der Waals surface area contributed by atoms with Gasteiger partial charge in [-0.3, -0.25) is 9.59 Å². The van der Waals surface area contributed by atoms with Crippen molar-refractivity contribution in [2.24, 2.45) is 5.92 Å². The molecule has 0 aromatic heterocycles. The maximum absolute atomic E-state index is 11.6. The second kappa shape index (κ2) is 3.90. The van der Waals surface area contributed by atoms with Crippen molar-refractivity contribution < 1.29 is 9.59 Å². The molecule has 0 spiro atoms. The van der Waals surface area contributed by atoms with E-state index in [-0.39, 0.29) is 23.7 Å². The molecule has 1 heterocycles. The Labute approximate surface area is 79.1 Å². The third kappa shape index (κ3) is 2.08. The van der Waals surface area contributed by atoms with Crippen molar-refractivity contribution >= 4 is 11.7 Å². The van der Waals surface area contributed by atoms with Crippen molar-refractivity contribution in [2.75, 3.05) is 6.54 Å². The molecule has 0 aliphatic carbocycles. The normalized spacial score (nSPS) is 22.5. The first-order chi connectivity index (χ1) is 6.04. The number of rotatable bonds is 2. The van der Waals surface area contributed by atoms with Crippen LogP contribution in [0.5, 0.6) is 0 Å². The first-order valence-electron chi connectivity index (χ1n) is 4.85. The summed E-state index contributed by atoms with van der Waals surface area (Å²) < 4.78 is 0. The van der Waals surface area contributed by atoms with Crippen LogP contribution in [0.15, 0.2) is 0 Å². The van der Waals surface area contributed by atoms with E-state index in [9.17, 15) is 9.59 Å². The zero-order chi connectivity index (χ0) is 10.0. The smallest absolute Gasteiger partial charge is 0.225 e. The molecule has 1 amide bonds. The third-order valence-electron chi connectivity index (χ3n) is 2.50. The second-order valence-corrected chi connectivity index (χ2v) is 3.96. The highest BCUT2D eigenvalue weighted by atomic mass is 16.2. The minimum absolute atomic E-state index is 0.0000463. The highest BCUT2D eigenvalue weighted by Gasteiger charge is 2.32. The molecule has 0 bridgehead atoms. The summed E-state index contributed by atoms with van der Waals surface area (Å²) in [5, 5.41) is 0. The van der Waals surface area contributed by atoms with Gasteiger partial charge in [0.05, 0.1) is 6.04 Å². The van der Waals surface area contributed by atoms with Crippen LogP contribution in [0.4, 0.5) is 0 Å². The summed E-state index contributed by atoms with van der Waals surface area (Å²) >= 11 is 0. The van der Waals surface area contributed by atoms with Gasteiger partial charge in [0.25, 0.3) is 0 Å². The lowest BCUT2D eigenvalue weighted by Crippen LogP contribution is -2.41. The quantitative estimate of drug-likeness (QED) is 0.645. The van der Waals surface area contributed by atoms with E-state index in [0.717, 1.165) is 19.4 Å². The van der Waals surface area contributed by atoms with Crippen molar-refractivity contribution in [3.63, 3.8) is 0 Å². The average Bonchev–Trinajstić information content (AvgIpc) is 2.50. The van der Waals surface area contributed by atoms with Crippen LogP contribution in [0.25, 0.3) is 0 Å². The molecule has 3 nitrogen and oxygen atoms in total. The molecule has 0 N–H and O–H groups in total. The lowest BCUT2D eigenvalue weighted by atomic mass is 10.1. The molecule has 0 saturated carbocycles. The van der Waals surface area contributed by atoms with E-state index in [2.05, 4.69) is 0 Å². The Balaban J connectivity index is 2.68. The van der Waals surface area contributed by atoms with Gasteiger partial charge >= 0.3 is 0 Å². The fourth-order valence-corrected chi connectivity index (χ4v) is 1.78. The maximum atomic E-state index is 11.6. The van der Waals surface area contributed by atoms with Crippen LogP contribution in [0, 0.1) is 5.92 Å². The monoisotopic (exact) mass is 183 g/mol. The molecule has 74 valence electrons. The van der Waals surface area contributed by atoms with E-state index in [1.807, 2.05) is 13.8 Å². The molecule has 13 heavy (non-hydrogen) atoms. The molecule has 1 atom stereocenters. The molecular formula is C10H17NO2. The Kier molecular flexibility index (Phi) is 3.07. The standard InChI is InChI=1S/C10H17NO2/c1-7(2)10(13)11-6-4-5-9(11)8(3)12/h7,9H,4-6H2,1-3H3/t9-/m0/s1. The Bertz CT molecular complexity index is 223. The second-order valence-electron chi connectivity index (χ2n) is 3.96. The predicted molar refractivity (Wildman–Crippen MR) is 50.3 cm³/mol. The zero-order valence-corrected chi connectivity index (χ0v) is 8.54. The fraction of sp³-hybridized carbons (Fsp3) is 0.800. The summed E-state index contributed by atoms with van der Waals surface area (Å²) in [4.78, 5) is 24.6. The van der Waals surface area contributed by atoms with Gasteiger partial charge in [0.2, 0.25) is 5.91 Å². The minimum atomic E-state index is -0.144. The number of carbonyl (C=O) groups excluding carboxylic acids is 2. The van der Waals surface area contributed by atoms with Crippen molar-refractivity contribution in [3.05, 3.63) is 0 Å². The summed E-state index contributed by atoms with van der Waals surface area (Å²) in [7, 11) is 0. The van der Waals surface area contributed by atoms with Crippen LogP contribution in [-0.4, -0.2) is 29.2 Å². The maximum Gasteiger partial charge on any atom is 0.225 e. The molecule has 0 radical (unpaired) electrons. The molecule has 1 fully saturated rings. The Morgan fingerprint density at radius 2 is 2.00 bits per heavy atom. The number of hydrogen-bond donors (Lipinski definition) is 0. The SMILES string of the molecule is CC(=O)[C@@H]1CCCN1C(=O)C(C)C. The van der Waals surface area contributed by atoms with Gasteiger partial charge in [-0.1, -0.05) is 13.8 Å². The number of hydrogen-bond acceptors (Lipinski definition) is 2. The lowest BCUT2D eigenvalue weighted by Gasteiger charge is -2.24. The van der Waals surface area contributed by atoms with Gasteiger partial charge in [-0.15, -0.1) is 0 Å². The van der Waals surface area contributed by atoms with Gasteiger partial charge in [-0.05, 0) is 19.8 Å². The van der Waals surface area contributed by atoms with Gasteiger partial charge in [-0.2, -0.15) is 0 Å². The van der Waals surface area contributed by atoms with Crippen LogP contribution < -0.4 is 0 Å². The molecule has 3 heteroatoms. The Morgan fingerprint density at radius 1 is 1.38 bits per heavy atom. The van der Waals surface area contributed by atoms with Gasteiger partial charge in [0.1, 0.15) is 0 Å². The zero-order valence-electron chi connectivity index (χ0n) is 8.54. The summed E-state index contributed by atoms with van der Waals surface area (Å²) in [6.07, 6.45) is 1.80. The molecule has 1 saturated heterocycles. The van der Waals surface area contributed by atoms with E-state index >= 15 is 0 Å². The van der Waals surface area contributed by atoms with Crippen molar-refractivity contribution in [1.82, 2.24) is 4.90 Å². The highest BCUT2D eigenvalue weighted by molar-refractivity contribution is 5.88. The lowest BCUT2D eigenvalue weighted by molar-refractivity contribution is -0.139. The summed E-state index contributed by atoms with van der Waals surface area (Å²) in [6, 6.07) is -0.144. The first-order valence-corrected chi connectivity index (χ1v) is 4.85. The molecule has 1 aliphatic heterocycles. The predicted octanol–water partition coefficient (Wildman–Crippen LogP) is 1.22. The number of likely N-dealkylation sites (tertiary alicyclic amines) is 1.